The second-order valence-electron chi connectivity index (χ2n) is 6.41. The van der Waals surface area contributed by atoms with Crippen molar-refractivity contribution in [2.75, 3.05) is 20.1 Å². The van der Waals surface area contributed by atoms with Crippen LogP contribution < -0.4 is 10.6 Å². The van der Waals surface area contributed by atoms with Gasteiger partial charge in [-0.05, 0) is 49.1 Å². The first-order valence-electron chi connectivity index (χ1n) is 8.17. The van der Waals surface area contributed by atoms with Crippen molar-refractivity contribution in [1.82, 2.24) is 15.6 Å². The summed E-state index contributed by atoms with van der Waals surface area (Å²) in [5, 5.41) is 6.94. The van der Waals surface area contributed by atoms with Gasteiger partial charge in [0.1, 0.15) is 0 Å². The first-order valence-corrected chi connectivity index (χ1v) is 8.17. The zero-order valence-electron chi connectivity index (χ0n) is 13.3. The van der Waals surface area contributed by atoms with Crippen LogP contribution in [0.3, 0.4) is 0 Å². The van der Waals surface area contributed by atoms with Crippen molar-refractivity contribution < 1.29 is 0 Å². The molecule has 1 aromatic heterocycles. The predicted octanol–water partition coefficient (Wildman–Crippen LogP) is 2.99. The number of hydrogen-bond acceptors (Lipinski definition) is 2. The molecule has 2 aliphatic rings. The Labute approximate surface area is 150 Å². The van der Waals surface area contributed by atoms with Gasteiger partial charge in [-0.15, -0.1) is 24.0 Å². The van der Waals surface area contributed by atoms with Crippen molar-refractivity contribution in [3.05, 3.63) is 30.1 Å². The van der Waals surface area contributed by atoms with Gasteiger partial charge < -0.3 is 10.6 Å². The van der Waals surface area contributed by atoms with E-state index >= 15 is 0 Å². The topological polar surface area (TPSA) is 49.3 Å². The van der Waals surface area contributed by atoms with Gasteiger partial charge in [0.2, 0.25) is 0 Å². The second-order valence-corrected chi connectivity index (χ2v) is 6.41. The summed E-state index contributed by atoms with van der Waals surface area (Å²) < 4.78 is 0. The molecule has 0 unspecified atom stereocenters. The van der Waals surface area contributed by atoms with E-state index in [9.17, 15) is 0 Å². The van der Waals surface area contributed by atoms with E-state index in [-0.39, 0.29) is 24.0 Å². The smallest absolute Gasteiger partial charge is 0.191 e. The number of guanidine groups is 1. The summed E-state index contributed by atoms with van der Waals surface area (Å²) in [5.41, 5.74) is 1.70. The minimum absolute atomic E-state index is 0. The van der Waals surface area contributed by atoms with E-state index < -0.39 is 0 Å². The molecule has 2 N–H and O–H groups in total. The van der Waals surface area contributed by atoms with Crippen LogP contribution in [-0.4, -0.2) is 31.1 Å². The van der Waals surface area contributed by atoms with Crippen LogP contribution in [0, 0.1) is 11.3 Å². The number of aromatic nitrogens is 1. The monoisotopic (exact) mass is 414 g/mol. The lowest BCUT2D eigenvalue weighted by atomic mass is 9.65. The van der Waals surface area contributed by atoms with E-state index in [1.54, 1.807) is 0 Å². The van der Waals surface area contributed by atoms with Gasteiger partial charge in [-0.1, -0.05) is 12.5 Å². The Bertz CT molecular complexity index is 481. The van der Waals surface area contributed by atoms with Crippen molar-refractivity contribution in [1.29, 1.82) is 0 Å². The summed E-state index contributed by atoms with van der Waals surface area (Å²) in [6, 6.07) is 6.05. The Balaban J connectivity index is 0.00000176. The Morgan fingerprint density at radius 2 is 2.14 bits per heavy atom. The fraction of sp³-hybridized carbons (Fsp3) is 0.647. The van der Waals surface area contributed by atoms with E-state index in [1.165, 1.54) is 32.1 Å². The molecule has 2 saturated carbocycles. The van der Waals surface area contributed by atoms with Crippen LogP contribution in [0.5, 0.6) is 0 Å². The van der Waals surface area contributed by atoms with E-state index in [4.69, 9.17) is 0 Å². The molecule has 3 rings (SSSR count). The maximum Gasteiger partial charge on any atom is 0.191 e. The molecule has 0 aliphatic heterocycles. The molecule has 0 radical (unpaired) electrons. The Morgan fingerprint density at radius 3 is 2.68 bits per heavy atom. The highest BCUT2D eigenvalue weighted by Gasteiger charge is 2.48. The molecule has 122 valence electrons. The third kappa shape index (κ3) is 4.33. The van der Waals surface area contributed by atoms with Crippen molar-refractivity contribution in [2.24, 2.45) is 16.3 Å². The third-order valence-corrected chi connectivity index (χ3v) is 5.02. The maximum atomic E-state index is 4.34. The average molecular weight is 414 g/mol. The third-order valence-electron chi connectivity index (χ3n) is 5.02. The number of nitrogens with one attached hydrogen (secondary N) is 2. The van der Waals surface area contributed by atoms with Crippen LogP contribution in [0.2, 0.25) is 0 Å². The normalized spacial score (nSPS) is 19.8. The summed E-state index contributed by atoms with van der Waals surface area (Å²) >= 11 is 0. The number of halogens is 1. The van der Waals surface area contributed by atoms with Gasteiger partial charge in [0.05, 0.1) is 0 Å². The van der Waals surface area contributed by atoms with Crippen LogP contribution in [0.4, 0.5) is 0 Å². The Morgan fingerprint density at radius 1 is 1.32 bits per heavy atom. The van der Waals surface area contributed by atoms with E-state index in [0.29, 0.717) is 5.41 Å². The average Bonchev–Trinajstić information content (AvgIpc) is 3.30. The van der Waals surface area contributed by atoms with Crippen molar-refractivity contribution in [3.63, 3.8) is 0 Å². The van der Waals surface area contributed by atoms with Crippen molar-refractivity contribution in [2.45, 2.75) is 38.5 Å². The van der Waals surface area contributed by atoms with Crippen LogP contribution in [0.15, 0.2) is 29.4 Å². The fourth-order valence-electron chi connectivity index (χ4n) is 3.39. The highest BCUT2D eigenvalue weighted by molar-refractivity contribution is 14.0. The molecule has 0 amide bonds. The Kier molecular flexibility index (Phi) is 6.47. The summed E-state index contributed by atoms with van der Waals surface area (Å²) in [7, 11) is 1.85. The Hall–Kier alpha value is -0.850. The number of nitrogens with zero attached hydrogens (tertiary/aromatic N) is 2. The molecule has 22 heavy (non-hydrogen) atoms. The van der Waals surface area contributed by atoms with Crippen molar-refractivity contribution >= 4 is 29.9 Å². The SMILES string of the molecule is CN=C(NCCc1ccccn1)NCC1(C2CC2)CCC1.I. The molecule has 0 aromatic carbocycles. The largest absolute Gasteiger partial charge is 0.356 e. The molecule has 1 aromatic rings. The zero-order valence-corrected chi connectivity index (χ0v) is 15.7. The number of aliphatic imine (C=N–C) groups is 1. The van der Waals surface area contributed by atoms with Gasteiger partial charge in [-0.25, -0.2) is 0 Å². The quantitative estimate of drug-likeness (QED) is 0.428. The number of rotatable bonds is 6. The van der Waals surface area contributed by atoms with Gasteiger partial charge in [0.15, 0.2) is 5.96 Å². The minimum Gasteiger partial charge on any atom is -0.356 e. The maximum absolute atomic E-state index is 4.34. The molecule has 2 aliphatic carbocycles. The van der Waals surface area contributed by atoms with Crippen LogP contribution in [0.1, 0.15) is 37.8 Å². The highest BCUT2D eigenvalue weighted by atomic mass is 127. The van der Waals surface area contributed by atoms with Crippen LogP contribution in [-0.2, 0) is 6.42 Å². The number of hydrogen-bond donors (Lipinski definition) is 2. The molecule has 0 spiro atoms. The zero-order chi connectivity index (χ0) is 14.5. The molecule has 5 heteroatoms. The molecule has 2 fully saturated rings. The summed E-state index contributed by atoms with van der Waals surface area (Å²) in [6.07, 6.45) is 9.85. The van der Waals surface area contributed by atoms with Crippen LogP contribution in [0.25, 0.3) is 0 Å². The highest BCUT2D eigenvalue weighted by Crippen LogP contribution is 2.56. The van der Waals surface area contributed by atoms with Gasteiger partial charge >= 0.3 is 0 Å². The summed E-state index contributed by atoms with van der Waals surface area (Å²) in [4.78, 5) is 8.67. The van der Waals surface area contributed by atoms with Crippen molar-refractivity contribution in [3.8, 4) is 0 Å². The second kappa shape index (κ2) is 8.13. The first kappa shape index (κ1) is 17.5. The summed E-state index contributed by atoms with van der Waals surface area (Å²) in [5.74, 6) is 1.91. The molecule has 1 heterocycles. The lowest BCUT2D eigenvalue weighted by Crippen LogP contribution is -2.47. The fourth-order valence-corrected chi connectivity index (χ4v) is 3.39. The molecule has 4 nitrogen and oxygen atoms in total. The molecule has 0 saturated heterocycles. The predicted molar refractivity (Wildman–Crippen MR) is 102 cm³/mol. The molecular weight excluding hydrogens is 387 g/mol. The molecular formula is C17H27IN4. The standard InChI is InChI=1S/C17H26N4.HI/c1-18-16(20-12-8-15-5-2-3-11-19-15)21-13-17(9-4-10-17)14-6-7-14;/h2-3,5,11,14H,4,6-10,12-13H2,1H3,(H2,18,20,21);1H. The minimum atomic E-state index is 0. The first-order chi connectivity index (χ1) is 10.3. The van der Waals surface area contributed by atoms with Gasteiger partial charge in [0, 0.05) is 38.4 Å². The lowest BCUT2D eigenvalue weighted by Gasteiger charge is -2.43. The molecule has 0 bridgehead atoms. The summed E-state index contributed by atoms with van der Waals surface area (Å²) in [6.45, 7) is 1.95. The van der Waals surface area contributed by atoms with E-state index in [1.807, 2.05) is 25.4 Å². The van der Waals surface area contributed by atoms with E-state index in [2.05, 4.69) is 26.7 Å². The van der Waals surface area contributed by atoms with E-state index in [0.717, 1.165) is 37.1 Å². The molecule has 0 atom stereocenters. The number of pyridine rings is 1. The lowest BCUT2D eigenvalue weighted by molar-refractivity contribution is 0.106. The van der Waals surface area contributed by atoms with Crippen LogP contribution >= 0.6 is 24.0 Å². The van der Waals surface area contributed by atoms with Gasteiger partial charge in [-0.3, -0.25) is 9.98 Å². The van der Waals surface area contributed by atoms with Gasteiger partial charge in [-0.2, -0.15) is 0 Å². The van der Waals surface area contributed by atoms with Gasteiger partial charge in [0.25, 0.3) is 0 Å².